The van der Waals surface area contributed by atoms with E-state index in [9.17, 15) is 28.4 Å². The average Bonchev–Trinajstić information content (AvgIpc) is 2.49. The van der Waals surface area contributed by atoms with Gasteiger partial charge in [-0.3, -0.25) is 14.9 Å². The molecular weight excluding hydrogens is 324 g/mol. The molecule has 1 aliphatic heterocycles. The van der Waals surface area contributed by atoms with E-state index >= 15 is 0 Å². The van der Waals surface area contributed by atoms with Crippen LogP contribution in [0.2, 0.25) is 0 Å². The van der Waals surface area contributed by atoms with Crippen LogP contribution in [-0.2, 0) is 14.8 Å². The van der Waals surface area contributed by atoms with Gasteiger partial charge in [-0.25, -0.2) is 8.42 Å². The molecule has 1 unspecified atom stereocenters. The number of carbonyl (C=O) groups is 1. The number of aliphatic carboxylic acids is 1. The zero-order valence-electron chi connectivity index (χ0n) is 12.9. The second kappa shape index (κ2) is 6.25. The van der Waals surface area contributed by atoms with Crippen molar-refractivity contribution in [2.45, 2.75) is 44.0 Å². The minimum absolute atomic E-state index is 0.0455. The first-order valence-electron chi connectivity index (χ1n) is 7.17. The van der Waals surface area contributed by atoms with Crippen LogP contribution in [0.25, 0.3) is 0 Å². The van der Waals surface area contributed by atoms with Gasteiger partial charge in [0.2, 0.25) is 0 Å². The Bertz CT molecular complexity index is 759. The van der Waals surface area contributed by atoms with E-state index < -0.39 is 37.5 Å². The van der Waals surface area contributed by atoms with Crippen LogP contribution in [0.15, 0.2) is 17.0 Å². The van der Waals surface area contributed by atoms with Gasteiger partial charge in [-0.1, -0.05) is 6.07 Å². The van der Waals surface area contributed by atoms with Gasteiger partial charge in [0.15, 0.2) is 4.90 Å². The Morgan fingerprint density at radius 1 is 1.35 bits per heavy atom. The standard InChI is InChI=1S/C14H18N2O6S/c1-9-6-7-11(16(19)20)13(10(9)2)23(21,22)15-8-4-3-5-12(15)14(17)18/h6-7,12H,3-5,8H2,1-2H3,(H,17,18). The van der Waals surface area contributed by atoms with Crippen molar-refractivity contribution in [2.75, 3.05) is 6.54 Å². The van der Waals surface area contributed by atoms with Crippen LogP contribution >= 0.6 is 0 Å². The van der Waals surface area contributed by atoms with Crippen molar-refractivity contribution < 1.29 is 23.2 Å². The Morgan fingerprint density at radius 3 is 2.57 bits per heavy atom. The number of aryl methyl sites for hydroxylation is 1. The molecule has 126 valence electrons. The SMILES string of the molecule is Cc1ccc([N+](=O)[O-])c(S(=O)(=O)N2CCCCC2C(=O)O)c1C. The number of piperidine rings is 1. The smallest absolute Gasteiger partial charge is 0.322 e. The molecule has 0 aliphatic carbocycles. The molecule has 9 heteroatoms. The maximum atomic E-state index is 13.0. The highest BCUT2D eigenvalue weighted by Crippen LogP contribution is 2.34. The van der Waals surface area contributed by atoms with E-state index in [-0.39, 0.29) is 18.5 Å². The normalized spacial score (nSPS) is 19.5. The maximum absolute atomic E-state index is 13.0. The second-order valence-corrected chi connectivity index (χ2v) is 7.41. The van der Waals surface area contributed by atoms with E-state index in [2.05, 4.69) is 0 Å². The van der Waals surface area contributed by atoms with E-state index in [0.717, 1.165) is 10.4 Å². The molecular formula is C14H18N2O6S. The summed E-state index contributed by atoms with van der Waals surface area (Å²) in [5, 5.41) is 20.5. The fourth-order valence-electron chi connectivity index (χ4n) is 2.80. The predicted molar refractivity (Wildman–Crippen MR) is 81.7 cm³/mol. The van der Waals surface area contributed by atoms with Gasteiger partial charge in [0.25, 0.3) is 15.7 Å². The van der Waals surface area contributed by atoms with Crippen LogP contribution < -0.4 is 0 Å². The van der Waals surface area contributed by atoms with E-state index in [0.29, 0.717) is 18.4 Å². The number of carboxylic acids is 1. The first-order chi connectivity index (χ1) is 10.7. The number of nitro groups is 1. The summed E-state index contributed by atoms with van der Waals surface area (Å²) >= 11 is 0. The van der Waals surface area contributed by atoms with Crippen LogP contribution in [0.4, 0.5) is 5.69 Å². The van der Waals surface area contributed by atoms with Crippen LogP contribution in [0.1, 0.15) is 30.4 Å². The molecule has 0 aromatic heterocycles. The third-order valence-corrected chi connectivity index (χ3v) is 6.24. The van der Waals surface area contributed by atoms with E-state index in [4.69, 9.17) is 0 Å². The molecule has 2 rings (SSSR count). The first kappa shape index (κ1) is 17.4. The van der Waals surface area contributed by atoms with Crippen molar-refractivity contribution in [3.05, 3.63) is 33.4 Å². The number of nitrogens with zero attached hydrogens (tertiary/aromatic N) is 2. The summed E-state index contributed by atoms with van der Waals surface area (Å²) in [7, 11) is -4.27. The summed E-state index contributed by atoms with van der Waals surface area (Å²) in [5.74, 6) is -1.23. The van der Waals surface area contributed by atoms with Crippen molar-refractivity contribution in [1.82, 2.24) is 4.31 Å². The number of sulfonamides is 1. The van der Waals surface area contributed by atoms with E-state index in [1.165, 1.54) is 13.0 Å². The molecule has 1 heterocycles. The van der Waals surface area contributed by atoms with Crippen LogP contribution in [0.3, 0.4) is 0 Å². The third kappa shape index (κ3) is 3.06. The summed E-state index contributed by atoms with van der Waals surface area (Å²) in [5.41, 5.74) is 0.342. The molecule has 1 atom stereocenters. The Balaban J connectivity index is 2.66. The van der Waals surface area contributed by atoms with Crippen molar-refractivity contribution in [3.8, 4) is 0 Å². The molecule has 0 radical (unpaired) electrons. The molecule has 1 aliphatic rings. The van der Waals surface area contributed by atoms with Crippen LogP contribution in [-0.4, -0.2) is 41.3 Å². The first-order valence-corrected chi connectivity index (χ1v) is 8.61. The maximum Gasteiger partial charge on any atom is 0.322 e. The third-order valence-electron chi connectivity index (χ3n) is 4.16. The predicted octanol–water partition coefficient (Wildman–Crippen LogP) is 1.84. The molecule has 1 N–H and O–H groups in total. The van der Waals surface area contributed by atoms with Crippen molar-refractivity contribution in [3.63, 3.8) is 0 Å². The molecule has 1 aromatic carbocycles. The summed E-state index contributed by atoms with van der Waals surface area (Å²) < 4.78 is 26.8. The molecule has 1 saturated heterocycles. The molecule has 1 aromatic rings. The molecule has 1 fully saturated rings. The minimum atomic E-state index is -4.27. The second-order valence-electron chi connectivity index (χ2n) is 5.58. The highest BCUT2D eigenvalue weighted by molar-refractivity contribution is 7.89. The lowest BCUT2D eigenvalue weighted by molar-refractivity contribution is -0.388. The highest BCUT2D eigenvalue weighted by Gasteiger charge is 2.41. The van der Waals surface area contributed by atoms with Crippen molar-refractivity contribution in [2.24, 2.45) is 0 Å². The number of nitro benzene ring substituents is 1. The van der Waals surface area contributed by atoms with Gasteiger partial charge < -0.3 is 5.11 Å². The Kier molecular flexibility index (Phi) is 4.71. The summed E-state index contributed by atoms with van der Waals surface area (Å²) in [6.45, 7) is 3.20. The minimum Gasteiger partial charge on any atom is -0.480 e. The quantitative estimate of drug-likeness (QED) is 0.659. The Morgan fingerprint density at radius 2 is 2.00 bits per heavy atom. The van der Waals surface area contributed by atoms with Crippen molar-refractivity contribution >= 4 is 21.7 Å². The monoisotopic (exact) mass is 342 g/mol. The summed E-state index contributed by atoms with van der Waals surface area (Å²) in [4.78, 5) is 21.5. The molecule has 0 amide bonds. The molecule has 0 bridgehead atoms. The van der Waals surface area contributed by atoms with E-state index in [1.807, 2.05) is 0 Å². The summed E-state index contributed by atoms with van der Waals surface area (Å²) in [6.07, 6.45) is 1.34. The number of hydrogen-bond donors (Lipinski definition) is 1. The zero-order valence-corrected chi connectivity index (χ0v) is 13.7. The average molecular weight is 342 g/mol. The highest BCUT2D eigenvalue weighted by atomic mass is 32.2. The molecule has 8 nitrogen and oxygen atoms in total. The number of hydrogen-bond acceptors (Lipinski definition) is 5. The number of benzene rings is 1. The lowest BCUT2D eigenvalue weighted by Gasteiger charge is -2.32. The van der Waals surface area contributed by atoms with Crippen LogP contribution in [0.5, 0.6) is 0 Å². The van der Waals surface area contributed by atoms with Gasteiger partial charge in [0, 0.05) is 12.6 Å². The van der Waals surface area contributed by atoms with Gasteiger partial charge in [0.1, 0.15) is 6.04 Å². The fourth-order valence-corrected chi connectivity index (χ4v) is 4.89. The topological polar surface area (TPSA) is 118 Å². The number of carboxylic acid groups (broad SMARTS) is 1. The number of rotatable bonds is 4. The molecule has 23 heavy (non-hydrogen) atoms. The van der Waals surface area contributed by atoms with Crippen molar-refractivity contribution in [1.29, 1.82) is 0 Å². The van der Waals surface area contributed by atoms with Crippen LogP contribution in [0, 0.1) is 24.0 Å². The lowest BCUT2D eigenvalue weighted by Crippen LogP contribution is -2.48. The van der Waals surface area contributed by atoms with Gasteiger partial charge in [-0.2, -0.15) is 4.31 Å². The van der Waals surface area contributed by atoms with Gasteiger partial charge in [0.05, 0.1) is 4.92 Å². The Labute approximate surface area is 133 Å². The zero-order chi connectivity index (χ0) is 17.4. The fraction of sp³-hybridized carbons (Fsp3) is 0.500. The van der Waals surface area contributed by atoms with Gasteiger partial charge in [-0.15, -0.1) is 0 Å². The Hall–Kier alpha value is -2.00. The van der Waals surface area contributed by atoms with Gasteiger partial charge >= 0.3 is 5.97 Å². The lowest BCUT2D eigenvalue weighted by atomic mass is 10.1. The molecule has 0 spiro atoms. The molecule has 0 saturated carbocycles. The van der Waals surface area contributed by atoms with E-state index in [1.54, 1.807) is 6.92 Å². The summed E-state index contributed by atoms with van der Waals surface area (Å²) in [6, 6.07) is 1.44. The largest absolute Gasteiger partial charge is 0.480 e. The van der Waals surface area contributed by atoms with Gasteiger partial charge in [-0.05, 0) is 44.2 Å².